The summed E-state index contributed by atoms with van der Waals surface area (Å²) in [6.45, 7) is 3.44. The summed E-state index contributed by atoms with van der Waals surface area (Å²) in [6, 6.07) is 7.94. The lowest BCUT2D eigenvalue weighted by atomic mass is 10.2. The van der Waals surface area contributed by atoms with Crippen LogP contribution in [0.3, 0.4) is 0 Å². The standard InChI is InChI=1S/C17H17ClN2O4S/c1-3-11-8-14(25-10(11)2)17(23)24-9-15(21)19-20-16(22)12-4-6-13(18)7-5-12/h4-8H,3,9H2,1-2H3,(H,19,21)(H,20,22). The van der Waals surface area contributed by atoms with E-state index in [1.54, 1.807) is 18.2 Å². The van der Waals surface area contributed by atoms with Crippen molar-refractivity contribution >= 4 is 40.7 Å². The number of aryl methyl sites for hydroxylation is 2. The summed E-state index contributed by atoms with van der Waals surface area (Å²) in [5.74, 6) is -1.70. The number of esters is 1. The number of carbonyl (C=O) groups is 3. The zero-order valence-electron chi connectivity index (χ0n) is 13.7. The first-order valence-corrected chi connectivity index (χ1v) is 8.71. The van der Waals surface area contributed by atoms with Crippen molar-refractivity contribution in [1.29, 1.82) is 0 Å². The molecule has 0 radical (unpaired) electrons. The highest BCUT2D eigenvalue weighted by Gasteiger charge is 2.15. The SMILES string of the molecule is CCc1cc(C(=O)OCC(=O)NNC(=O)c2ccc(Cl)cc2)sc1C. The number of carbonyl (C=O) groups excluding carboxylic acids is 3. The van der Waals surface area contributed by atoms with Crippen LogP contribution in [-0.4, -0.2) is 24.4 Å². The van der Waals surface area contributed by atoms with Gasteiger partial charge in [0.25, 0.3) is 11.8 Å². The van der Waals surface area contributed by atoms with Gasteiger partial charge in [-0.3, -0.25) is 20.4 Å². The number of thiophene rings is 1. The summed E-state index contributed by atoms with van der Waals surface area (Å²) in [4.78, 5) is 36.9. The van der Waals surface area contributed by atoms with Crippen molar-refractivity contribution in [2.24, 2.45) is 0 Å². The minimum Gasteiger partial charge on any atom is -0.451 e. The highest BCUT2D eigenvalue weighted by atomic mass is 35.5. The third-order valence-corrected chi connectivity index (χ3v) is 4.68. The molecule has 0 bridgehead atoms. The lowest BCUT2D eigenvalue weighted by Crippen LogP contribution is -2.43. The Kier molecular flexibility index (Phi) is 6.55. The van der Waals surface area contributed by atoms with Crippen LogP contribution in [0.1, 0.15) is 37.4 Å². The molecule has 0 saturated carbocycles. The number of halogens is 1. The molecule has 2 rings (SSSR count). The Morgan fingerprint density at radius 3 is 2.44 bits per heavy atom. The van der Waals surface area contributed by atoms with Gasteiger partial charge in [-0.2, -0.15) is 0 Å². The maximum atomic E-state index is 11.9. The normalized spacial score (nSPS) is 10.2. The largest absolute Gasteiger partial charge is 0.451 e. The van der Waals surface area contributed by atoms with E-state index in [9.17, 15) is 14.4 Å². The van der Waals surface area contributed by atoms with Crippen LogP contribution in [0.25, 0.3) is 0 Å². The van der Waals surface area contributed by atoms with Crippen molar-refractivity contribution in [3.8, 4) is 0 Å². The average Bonchev–Trinajstić information content (AvgIpc) is 2.99. The van der Waals surface area contributed by atoms with E-state index < -0.39 is 24.4 Å². The van der Waals surface area contributed by atoms with Crippen LogP contribution in [0, 0.1) is 6.92 Å². The molecule has 0 spiro atoms. The van der Waals surface area contributed by atoms with E-state index in [-0.39, 0.29) is 0 Å². The molecular weight excluding hydrogens is 364 g/mol. The van der Waals surface area contributed by atoms with Gasteiger partial charge in [-0.1, -0.05) is 18.5 Å². The third-order valence-electron chi connectivity index (χ3n) is 3.36. The van der Waals surface area contributed by atoms with Gasteiger partial charge in [0.05, 0.1) is 0 Å². The van der Waals surface area contributed by atoms with Crippen LogP contribution in [-0.2, 0) is 16.0 Å². The molecule has 0 aliphatic carbocycles. The smallest absolute Gasteiger partial charge is 0.348 e. The van der Waals surface area contributed by atoms with Gasteiger partial charge in [-0.25, -0.2) is 4.79 Å². The van der Waals surface area contributed by atoms with Crippen LogP contribution >= 0.6 is 22.9 Å². The van der Waals surface area contributed by atoms with E-state index >= 15 is 0 Å². The number of hydrogen-bond donors (Lipinski definition) is 2. The average molecular weight is 381 g/mol. The van der Waals surface area contributed by atoms with E-state index in [4.69, 9.17) is 16.3 Å². The van der Waals surface area contributed by atoms with Gasteiger partial charge in [0.2, 0.25) is 0 Å². The number of hydrogen-bond acceptors (Lipinski definition) is 5. The first kappa shape index (κ1) is 19.0. The maximum absolute atomic E-state index is 11.9. The molecule has 2 amide bonds. The monoisotopic (exact) mass is 380 g/mol. The Balaban J connectivity index is 1.79. The molecule has 1 heterocycles. The van der Waals surface area contributed by atoms with Crippen molar-refractivity contribution < 1.29 is 19.1 Å². The van der Waals surface area contributed by atoms with Gasteiger partial charge in [0.1, 0.15) is 4.88 Å². The second kappa shape index (κ2) is 8.64. The van der Waals surface area contributed by atoms with Gasteiger partial charge < -0.3 is 4.74 Å². The Morgan fingerprint density at radius 2 is 1.84 bits per heavy atom. The zero-order valence-corrected chi connectivity index (χ0v) is 15.3. The highest BCUT2D eigenvalue weighted by Crippen LogP contribution is 2.22. The summed E-state index contributed by atoms with van der Waals surface area (Å²) in [5, 5.41) is 0.502. The fraction of sp³-hybridized carbons (Fsp3) is 0.235. The number of nitrogens with one attached hydrogen (secondary N) is 2. The number of benzene rings is 1. The zero-order chi connectivity index (χ0) is 18.4. The van der Waals surface area contributed by atoms with Crippen LogP contribution in [0.2, 0.25) is 5.02 Å². The van der Waals surface area contributed by atoms with E-state index in [2.05, 4.69) is 10.9 Å². The maximum Gasteiger partial charge on any atom is 0.348 e. The minimum atomic E-state index is -0.639. The Hall–Kier alpha value is -2.38. The van der Waals surface area contributed by atoms with Crippen LogP contribution in [0.15, 0.2) is 30.3 Å². The van der Waals surface area contributed by atoms with Gasteiger partial charge in [-0.15, -0.1) is 11.3 Å². The Labute approximate surface area is 154 Å². The van der Waals surface area contributed by atoms with E-state index in [0.717, 1.165) is 16.9 Å². The van der Waals surface area contributed by atoms with Crippen LogP contribution in [0.5, 0.6) is 0 Å². The molecule has 0 fully saturated rings. The molecule has 0 saturated heterocycles. The van der Waals surface area contributed by atoms with Crippen LogP contribution in [0.4, 0.5) is 0 Å². The van der Waals surface area contributed by atoms with Crippen molar-refractivity contribution in [2.45, 2.75) is 20.3 Å². The second-order valence-corrected chi connectivity index (χ2v) is 6.82. The summed E-state index contributed by atoms with van der Waals surface area (Å²) in [7, 11) is 0. The topological polar surface area (TPSA) is 84.5 Å². The van der Waals surface area contributed by atoms with Crippen molar-refractivity contribution in [3.63, 3.8) is 0 Å². The summed E-state index contributed by atoms with van der Waals surface area (Å²) in [6.07, 6.45) is 0.826. The molecule has 2 aromatic rings. The molecule has 132 valence electrons. The molecule has 0 unspecified atom stereocenters. The summed E-state index contributed by atoms with van der Waals surface area (Å²) in [5.41, 5.74) is 5.83. The number of amides is 2. The minimum absolute atomic E-state index is 0.336. The fourth-order valence-electron chi connectivity index (χ4n) is 2.01. The lowest BCUT2D eigenvalue weighted by molar-refractivity contribution is -0.125. The molecule has 0 aliphatic heterocycles. The Morgan fingerprint density at radius 1 is 1.16 bits per heavy atom. The van der Waals surface area contributed by atoms with Crippen LogP contribution < -0.4 is 10.9 Å². The first-order valence-electron chi connectivity index (χ1n) is 7.52. The van der Waals surface area contributed by atoms with E-state index in [1.165, 1.54) is 23.5 Å². The van der Waals surface area contributed by atoms with E-state index in [0.29, 0.717) is 15.5 Å². The van der Waals surface area contributed by atoms with Gasteiger partial charge in [0.15, 0.2) is 6.61 Å². The molecule has 25 heavy (non-hydrogen) atoms. The Bertz CT molecular complexity index is 786. The molecule has 6 nitrogen and oxygen atoms in total. The first-order chi connectivity index (χ1) is 11.9. The predicted molar refractivity (Wildman–Crippen MR) is 95.8 cm³/mol. The summed E-state index contributed by atoms with van der Waals surface area (Å²) >= 11 is 7.07. The number of hydrazine groups is 1. The molecule has 0 atom stereocenters. The molecule has 2 N–H and O–H groups in total. The van der Waals surface area contributed by atoms with E-state index in [1.807, 2.05) is 13.8 Å². The van der Waals surface area contributed by atoms with Gasteiger partial charge in [0, 0.05) is 15.5 Å². The third kappa shape index (κ3) is 5.30. The molecule has 0 aliphatic rings. The van der Waals surface area contributed by atoms with Crippen molar-refractivity contribution in [1.82, 2.24) is 10.9 Å². The predicted octanol–water partition coefficient (Wildman–Crippen LogP) is 2.89. The van der Waals surface area contributed by atoms with Gasteiger partial charge >= 0.3 is 5.97 Å². The fourth-order valence-corrected chi connectivity index (χ4v) is 3.14. The highest BCUT2D eigenvalue weighted by molar-refractivity contribution is 7.14. The summed E-state index contributed by atoms with van der Waals surface area (Å²) < 4.78 is 4.95. The quantitative estimate of drug-likeness (QED) is 0.617. The molecule has 8 heteroatoms. The van der Waals surface area contributed by atoms with Crippen molar-refractivity contribution in [2.75, 3.05) is 6.61 Å². The number of rotatable bonds is 5. The lowest BCUT2D eigenvalue weighted by Gasteiger charge is -2.07. The molecule has 1 aromatic heterocycles. The second-order valence-electron chi connectivity index (χ2n) is 5.13. The molecular formula is C17H17ClN2O4S. The molecule has 1 aromatic carbocycles. The van der Waals surface area contributed by atoms with Crippen molar-refractivity contribution in [3.05, 3.63) is 56.2 Å². The number of ether oxygens (including phenoxy) is 1. The van der Waals surface area contributed by atoms with Gasteiger partial charge in [-0.05, 0) is 49.2 Å².